The van der Waals surface area contributed by atoms with E-state index in [9.17, 15) is 5.11 Å². The van der Waals surface area contributed by atoms with Gasteiger partial charge in [0.2, 0.25) is 0 Å². The molecular formula is C13H20N2O3. The molecule has 1 unspecified atom stereocenters. The summed E-state index contributed by atoms with van der Waals surface area (Å²) < 4.78 is 5.36. The summed E-state index contributed by atoms with van der Waals surface area (Å²) in [6.45, 7) is 1.49. The van der Waals surface area contributed by atoms with Gasteiger partial charge in [-0.25, -0.2) is 0 Å². The third kappa shape index (κ3) is 2.74. The van der Waals surface area contributed by atoms with Crippen molar-refractivity contribution in [2.75, 3.05) is 13.2 Å². The average Bonchev–Trinajstić information content (AvgIpc) is 3.01. The Bertz CT molecular complexity index is 387. The third-order valence-electron chi connectivity index (χ3n) is 3.80. The van der Waals surface area contributed by atoms with Crippen LogP contribution in [-0.2, 0) is 11.4 Å². The van der Waals surface area contributed by atoms with Gasteiger partial charge in [-0.2, -0.15) is 5.06 Å². The molecule has 1 saturated carbocycles. The minimum atomic E-state index is -0.384. The zero-order valence-corrected chi connectivity index (χ0v) is 10.5. The fraction of sp³-hybridized carbons (Fsp3) is 0.769. The Labute approximate surface area is 107 Å². The van der Waals surface area contributed by atoms with E-state index in [2.05, 4.69) is 5.16 Å². The molecule has 18 heavy (non-hydrogen) atoms. The van der Waals surface area contributed by atoms with E-state index < -0.39 is 0 Å². The van der Waals surface area contributed by atoms with E-state index in [-0.39, 0.29) is 6.10 Å². The number of rotatable bonds is 3. The highest BCUT2D eigenvalue weighted by Crippen LogP contribution is 2.32. The normalized spacial score (nSPS) is 26.8. The molecule has 1 aromatic rings. The molecular weight excluding hydrogens is 232 g/mol. The first-order chi connectivity index (χ1) is 8.81. The molecule has 100 valence electrons. The monoisotopic (exact) mass is 252 g/mol. The highest BCUT2D eigenvalue weighted by molar-refractivity contribution is 5.11. The summed E-state index contributed by atoms with van der Waals surface area (Å²) >= 11 is 0. The number of hydroxylamine groups is 2. The van der Waals surface area contributed by atoms with Crippen LogP contribution in [0.25, 0.3) is 0 Å². The first kappa shape index (κ1) is 12.1. The van der Waals surface area contributed by atoms with Crippen molar-refractivity contribution in [2.45, 2.75) is 50.7 Å². The number of aliphatic hydroxyl groups is 1. The molecule has 2 heterocycles. The van der Waals surface area contributed by atoms with Gasteiger partial charge in [0.05, 0.1) is 31.5 Å². The van der Waals surface area contributed by atoms with Gasteiger partial charge in [0.25, 0.3) is 0 Å². The SMILES string of the molecule is OC1CON(Cc2cc(C3CCCCC3)no2)C1. The Hall–Kier alpha value is -0.910. The van der Waals surface area contributed by atoms with Gasteiger partial charge in [0.15, 0.2) is 5.76 Å². The Kier molecular flexibility index (Phi) is 3.63. The summed E-state index contributed by atoms with van der Waals surface area (Å²) in [6.07, 6.45) is 6.02. The molecule has 5 nitrogen and oxygen atoms in total. The maximum absolute atomic E-state index is 9.37. The number of hydrogen-bond acceptors (Lipinski definition) is 5. The second kappa shape index (κ2) is 5.38. The van der Waals surface area contributed by atoms with E-state index in [1.54, 1.807) is 5.06 Å². The van der Waals surface area contributed by atoms with E-state index >= 15 is 0 Å². The number of hydrogen-bond donors (Lipinski definition) is 1. The zero-order chi connectivity index (χ0) is 12.4. The molecule has 1 saturated heterocycles. The van der Waals surface area contributed by atoms with Gasteiger partial charge in [0, 0.05) is 12.0 Å². The molecule has 0 spiro atoms. The number of aromatic nitrogens is 1. The van der Waals surface area contributed by atoms with E-state index in [0.29, 0.717) is 25.6 Å². The van der Waals surface area contributed by atoms with E-state index in [1.165, 1.54) is 32.1 Å². The summed E-state index contributed by atoms with van der Waals surface area (Å²) in [5.74, 6) is 1.39. The molecule has 1 aromatic heterocycles. The van der Waals surface area contributed by atoms with Crippen LogP contribution in [0.3, 0.4) is 0 Å². The molecule has 1 atom stereocenters. The largest absolute Gasteiger partial charge is 0.389 e. The quantitative estimate of drug-likeness (QED) is 0.889. The van der Waals surface area contributed by atoms with Crippen molar-refractivity contribution in [2.24, 2.45) is 0 Å². The lowest BCUT2D eigenvalue weighted by Crippen LogP contribution is -2.20. The molecule has 0 amide bonds. The maximum atomic E-state index is 9.37. The van der Waals surface area contributed by atoms with Crippen LogP contribution in [0.5, 0.6) is 0 Å². The number of nitrogens with zero attached hydrogens (tertiary/aromatic N) is 2. The predicted molar refractivity (Wildman–Crippen MR) is 64.7 cm³/mol. The first-order valence-corrected chi connectivity index (χ1v) is 6.82. The van der Waals surface area contributed by atoms with Gasteiger partial charge in [-0.1, -0.05) is 24.4 Å². The maximum Gasteiger partial charge on any atom is 0.153 e. The smallest absolute Gasteiger partial charge is 0.153 e. The molecule has 5 heteroatoms. The Morgan fingerprint density at radius 3 is 2.89 bits per heavy atom. The standard InChI is InChI=1S/C13H20N2O3/c16-11-7-15(17-9-11)8-12-6-13(14-18-12)10-4-2-1-3-5-10/h6,10-11,16H,1-5,7-9H2. The molecule has 2 aliphatic rings. The van der Waals surface area contributed by atoms with Gasteiger partial charge >= 0.3 is 0 Å². The van der Waals surface area contributed by atoms with Crippen molar-refractivity contribution in [3.8, 4) is 0 Å². The Balaban J connectivity index is 1.59. The summed E-state index contributed by atoms with van der Waals surface area (Å²) in [5.41, 5.74) is 1.09. The van der Waals surface area contributed by atoms with Crippen molar-refractivity contribution in [3.05, 3.63) is 17.5 Å². The predicted octanol–water partition coefficient (Wildman–Crippen LogP) is 1.83. The highest BCUT2D eigenvalue weighted by atomic mass is 16.7. The molecule has 3 rings (SSSR count). The Morgan fingerprint density at radius 1 is 1.33 bits per heavy atom. The van der Waals surface area contributed by atoms with Crippen molar-refractivity contribution in [1.82, 2.24) is 10.2 Å². The van der Waals surface area contributed by atoms with Gasteiger partial charge in [-0.15, -0.1) is 0 Å². The summed E-state index contributed by atoms with van der Waals surface area (Å²) in [5, 5.41) is 15.3. The van der Waals surface area contributed by atoms with E-state index in [0.717, 1.165) is 11.5 Å². The van der Waals surface area contributed by atoms with Crippen LogP contribution in [0.1, 0.15) is 49.5 Å². The van der Waals surface area contributed by atoms with Crippen LogP contribution in [0.15, 0.2) is 10.6 Å². The van der Waals surface area contributed by atoms with Gasteiger partial charge in [0.1, 0.15) is 0 Å². The minimum absolute atomic E-state index is 0.379. The lowest BCUT2D eigenvalue weighted by Gasteiger charge is -2.18. The molecule has 2 fully saturated rings. The van der Waals surface area contributed by atoms with Crippen LogP contribution in [0.2, 0.25) is 0 Å². The minimum Gasteiger partial charge on any atom is -0.389 e. The van der Waals surface area contributed by atoms with Crippen molar-refractivity contribution in [3.63, 3.8) is 0 Å². The van der Waals surface area contributed by atoms with Crippen LogP contribution < -0.4 is 0 Å². The van der Waals surface area contributed by atoms with Crippen molar-refractivity contribution in [1.29, 1.82) is 0 Å². The summed E-state index contributed by atoms with van der Waals surface area (Å²) in [7, 11) is 0. The molecule has 1 N–H and O–H groups in total. The number of aliphatic hydroxyl groups excluding tert-OH is 1. The molecule has 0 bridgehead atoms. The third-order valence-corrected chi connectivity index (χ3v) is 3.80. The molecule has 0 aromatic carbocycles. The first-order valence-electron chi connectivity index (χ1n) is 6.82. The zero-order valence-electron chi connectivity index (χ0n) is 10.5. The topological polar surface area (TPSA) is 58.7 Å². The fourth-order valence-electron chi connectivity index (χ4n) is 2.81. The molecule has 1 aliphatic carbocycles. The fourth-order valence-corrected chi connectivity index (χ4v) is 2.81. The van der Waals surface area contributed by atoms with Gasteiger partial charge in [-0.05, 0) is 12.8 Å². The van der Waals surface area contributed by atoms with Crippen molar-refractivity contribution < 1.29 is 14.5 Å². The van der Waals surface area contributed by atoms with Crippen molar-refractivity contribution >= 4 is 0 Å². The van der Waals surface area contributed by atoms with Gasteiger partial charge in [-0.3, -0.25) is 4.84 Å². The number of β-amino-alcohol motifs (C(OH)–C–C–N with tert-alkyl or cyclic N) is 1. The second-order valence-electron chi connectivity index (χ2n) is 5.33. The molecule has 0 radical (unpaired) electrons. The van der Waals surface area contributed by atoms with E-state index in [4.69, 9.17) is 9.36 Å². The second-order valence-corrected chi connectivity index (χ2v) is 5.33. The summed E-state index contributed by atoms with van der Waals surface area (Å²) in [4.78, 5) is 5.32. The van der Waals surface area contributed by atoms with Crippen LogP contribution >= 0.6 is 0 Å². The lowest BCUT2D eigenvalue weighted by molar-refractivity contribution is -0.121. The van der Waals surface area contributed by atoms with Gasteiger partial charge < -0.3 is 9.63 Å². The highest BCUT2D eigenvalue weighted by Gasteiger charge is 2.24. The Morgan fingerprint density at radius 2 is 2.17 bits per heavy atom. The average molecular weight is 252 g/mol. The van der Waals surface area contributed by atoms with Crippen LogP contribution in [-0.4, -0.2) is 34.6 Å². The summed E-state index contributed by atoms with van der Waals surface area (Å²) in [6, 6.07) is 2.05. The lowest BCUT2D eigenvalue weighted by atomic mass is 9.87. The molecule has 1 aliphatic heterocycles. The van der Waals surface area contributed by atoms with Crippen LogP contribution in [0, 0.1) is 0 Å². The van der Waals surface area contributed by atoms with Crippen LogP contribution in [0.4, 0.5) is 0 Å². The van der Waals surface area contributed by atoms with E-state index in [1.807, 2.05) is 6.07 Å².